The summed E-state index contributed by atoms with van der Waals surface area (Å²) in [5.74, 6) is -0.749. The van der Waals surface area contributed by atoms with E-state index in [2.05, 4.69) is 22.5 Å². The number of anilines is 1. The second kappa shape index (κ2) is 7.94. The summed E-state index contributed by atoms with van der Waals surface area (Å²) in [4.78, 5) is 24.6. The number of nitrogens with one attached hydrogen (secondary N) is 1. The second-order valence-electron chi connectivity index (χ2n) is 7.28. The molecule has 2 aromatic rings. The largest absolute Gasteiger partial charge is 0.452 e. The van der Waals surface area contributed by atoms with E-state index in [4.69, 9.17) is 4.74 Å². The zero-order valence-corrected chi connectivity index (χ0v) is 16.5. The van der Waals surface area contributed by atoms with Crippen molar-refractivity contribution in [2.24, 2.45) is 7.05 Å². The number of aromatic nitrogens is 2. The van der Waals surface area contributed by atoms with Gasteiger partial charge in [0.05, 0.1) is 23.5 Å². The fraction of sp³-hybridized carbons (Fsp3) is 0.476. The Hall–Kier alpha value is -2.63. The van der Waals surface area contributed by atoms with E-state index in [0.717, 1.165) is 29.8 Å². The lowest BCUT2D eigenvalue weighted by atomic mass is 9.90. The Labute approximate surface area is 159 Å². The van der Waals surface area contributed by atoms with Crippen LogP contribution >= 0.6 is 0 Å². The molecule has 0 bridgehead atoms. The summed E-state index contributed by atoms with van der Waals surface area (Å²) in [6.07, 6.45) is 3.93. The Morgan fingerprint density at radius 3 is 2.59 bits per heavy atom. The van der Waals surface area contributed by atoms with Gasteiger partial charge in [-0.05, 0) is 63.1 Å². The minimum absolute atomic E-state index is 0.176. The van der Waals surface area contributed by atoms with E-state index >= 15 is 0 Å². The van der Waals surface area contributed by atoms with Crippen LogP contribution in [0.4, 0.5) is 5.69 Å². The number of hydrogen-bond acceptors (Lipinski definition) is 4. The van der Waals surface area contributed by atoms with Gasteiger partial charge in [0.1, 0.15) is 0 Å². The van der Waals surface area contributed by atoms with Crippen LogP contribution < -0.4 is 5.32 Å². The number of aryl methyl sites for hydroxylation is 4. The van der Waals surface area contributed by atoms with Crippen LogP contribution in [-0.2, 0) is 40.6 Å². The first-order valence-corrected chi connectivity index (χ1v) is 9.46. The third-order valence-electron chi connectivity index (χ3n) is 5.20. The molecule has 1 aliphatic carbocycles. The third-order valence-corrected chi connectivity index (χ3v) is 5.20. The van der Waals surface area contributed by atoms with E-state index in [-0.39, 0.29) is 12.3 Å². The zero-order chi connectivity index (χ0) is 19.6. The van der Waals surface area contributed by atoms with Crippen molar-refractivity contribution >= 4 is 17.6 Å². The number of carbonyl (C=O) groups is 2. The maximum absolute atomic E-state index is 12.4. The van der Waals surface area contributed by atoms with Crippen LogP contribution in [0.3, 0.4) is 0 Å². The SMILES string of the molecule is Cc1nn(C)c(C)c1NC(=O)[C@@H](C)OC(=O)Cc1ccc2c(c1)CCCC2. The van der Waals surface area contributed by atoms with Crippen LogP contribution in [0.5, 0.6) is 0 Å². The van der Waals surface area contributed by atoms with Crippen molar-refractivity contribution in [1.82, 2.24) is 9.78 Å². The van der Waals surface area contributed by atoms with Gasteiger partial charge in [0.25, 0.3) is 5.91 Å². The average molecular weight is 369 g/mol. The van der Waals surface area contributed by atoms with Crippen molar-refractivity contribution in [3.8, 4) is 0 Å². The third kappa shape index (κ3) is 4.38. The topological polar surface area (TPSA) is 73.2 Å². The standard InChI is InChI=1S/C21H27N3O3/c1-13-20(14(2)24(4)23-13)22-21(26)15(3)27-19(25)12-16-9-10-17-7-5-6-8-18(17)11-16/h9-11,15H,5-8,12H2,1-4H3,(H,22,26)/t15-/m1/s1. The van der Waals surface area contributed by atoms with Gasteiger partial charge in [0.2, 0.25) is 0 Å². The van der Waals surface area contributed by atoms with Gasteiger partial charge in [0, 0.05) is 7.05 Å². The van der Waals surface area contributed by atoms with Crippen molar-refractivity contribution < 1.29 is 14.3 Å². The maximum Gasteiger partial charge on any atom is 0.311 e. The van der Waals surface area contributed by atoms with Crippen molar-refractivity contribution in [3.05, 3.63) is 46.3 Å². The number of hydrogen-bond donors (Lipinski definition) is 1. The van der Waals surface area contributed by atoms with Crippen LogP contribution in [0.25, 0.3) is 0 Å². The minimum atomic E-state index is -0.867. The molecule has 1 N–H and O–H groups in total. The Morgan fingerprint density at radius 2 is 1.93 bits per heavy atom. The lowest BCUT2D eigenvalue weighted by Crippen LogP contribution is -2.30. The molecule has 1 aromatic heterocycles. The summed E-state index contributed by atoms with van der Waals surface area (Å²) in [6, 6.07) is 6.20. The molecule has 27 heavy (non-hydrogen) atoms. The van der Waals surface area contributed by atoms with E-state index in [1.807, 2.05) is 27.0 Å². The molecule has 0 unspecified atom stereocenters. The number of nitrogens with zero attached hydrogens (tertiary/aromatic N) is 2. The van der Waals surface area contributed by atoms with Gasteiger partial charge in [-0.25, -0.2) is 0 Å². The quantitative estimate of drug-likeness (QED) is 0.822. The number of benzene rings is 1. The molecule has 0 radical (unpaired) electrons. The smallest absolute Gasteiger partial charge is 0.311 e. The highest BCUT2D eigenvalue weighted by Gasteiger charge is 2.21. The predicted molar refractivity (Wildman–Crippen MR) is 104 cm³/mol. The van der Waals surface area contributed by atoms with Crippen molar-refractivity contribution in [3.63, 3.8) is 0 Å². The molecule has 0 saturated heterocycles. The monoisotopic (exact) mass is 369 g/mol. The Morgan fingerprint density at radius 1 is 1.22 bits per heavy atom. The molecule has 1 atom stereocenters. The maximum atomic E-state index is 12.4. The van der Waals surface area contributed by atoms with Gasteiger partial charge >= 0.3 is 5.97 Å². The highest BCUT2D eigenvalue weighted by Crippen LogP contribution is 2.23. The molecule has 1 aliphatic rings. The van der Waals surface area contributed by atoms with Crippen LogP contribution in [0, 0.1) is 13.8 Å². The predicted octanol–water partition coefficient (Wildman–Crippen LogP) is 3.03. The van der Waals surface area contributed by atoms with E-state index < -0.39 is 12.1 Å². The molecular weight excluding hydrogens is 342 g/mol. The molecule has 0 spiro atoms. The number of ether oxygens (including phenoxy) is 1. The van der Waals surface area contributed by atoms with Gasteiger partial charge < -0.3 is 10.1 Å². The lowest BCUT2D eigenvalue weighted by molar-refractivity contribution is -0.152. The summed E-state index contributed by atoms with van der Waals surface area (Å²) in [5.41, 5.74) is 5.91. The van der Waals surface area contributed by atoms with Gasteiger partial charge in [-0.3, -0.25) is 14.3 Å². The summed E-state index contributed by atoms with van der Waals surface area (Å²) >= 11 is 0. The summed E-state index contributed by atoms with van der Waals surface area (Å²) < 4.78 is 7.05. The van der Waals surface area contributed by atoms with E-state index in [1.165, 1.54) is 24.0 Å². The zero-order valence-electron chi connectivity index (χ0n) is 16.5. The minimum Gasteiger partial charge on any atom is -0.452 e. The van der Waals surface area contributed by atoms with Crippen LogP contribution in [-0.4, -0.2) is 27.8 Å². The van der Waals surface area contributed by atoms with Crippen LogP contribution in [0.1, 0.15) is 47.8 Å². The molecule has 1 aromatic carbocycles. The fourth-order valence-corrected chi connectivity index (χ4v) is 3.54. The number of fused-ring (bicyclic) bond motifs is 1. The van der Waals surface area contributed by atoms with Crippen molar-refractivity contribution in [2.75, 3.05) is 5.32 Å². The molecule has 0 aliphatic heterocycles. The van der Waals surface area contributed by atoms with Crippen molar-refractivity contribution in [1.29, 1.82) is 0 Å². The highest BCUT2D eigenvalue weighted by molar-refractivity contribution is 5.96. The van der Waals surface area contributed by atoms with Crippen LogP contribution in [0.15, 0.2) is 18.2 Å². The Kier molecular flexibility index (Phi) is 5.63. The number of amides is 1. The summed E-state index contributed by atoms with van der Waals surface area (Å²) in [5, 5.41) is 7.08. The molecular formula is C21H27N3O3. The average Bonchev–Trinajstić information content (AvgIpc) is 2.87. The Bertz CT molecular complexity index is 870. The van der Waals surface area contributed by atoms with Crippen LogP contribution in [0.2, 0.25) is 0 Å². The van der Waals surface area contributed by atoms with E-state index in [1.54, 1.807) is 11.6 Å². The van der Waals surface area contributed by atoms with Gasteiger partial charge in [-0.1, -0.05) is 18.2 Å². The normalized spacial score (nSPS) is 14.4. The molecule has 1 amide bonds. The van der Waals surface area contributed by atoms with E-state index in [9.17, 15) is 9.59 Å². The lowest BCUT2D eigenvalue weighted by Gasteiger charge is -2.17. The first kappa shape index (κ1) is 19.1. The molecule has 3 rings (SSSR count). The molecule has 144 valence electrons. The highest BCUT2D eigenvalue weighted by atomic mass is 16.5. The summed E-state index contributed by atoms with van der Waals surface area (Å²) in [6.45, 7) is 5.29. The molecule has 6 nitrogen and oxygen atoms in total. The summed E-state index contributed by atoms with van der Waals surface area (Å²) in [7, 11) is 1.82. The Balaban J connectivity index is 1.57. The number of esters is 1. The number of rotatable bonds is 5. The van der Waals surface area contributed by atoms with E-state index in [0.29, 0.717) is 5.69 Å². The molecule has 6 heteroatoms. The molecule has 1 heterocycles. The molecule has 0 fully saturated rings. The van der Waals surface area contributed by atoms with Gasteiger partial charge in [-0.2, -0.15) is 5.10 Å². The van der Waals surface area contributed by atoms with Gasteiger partial charge in [0.15, 0.2) is 6.10 Å². The first-order valence-electron chi connectivity index (χ1n) is 9.46. The van der Waals surface area contributed by atoms with Crippen molar-refractivity contribution in [2.45, 2.75) is 59.0 Å². The number of carbonyl (C=O) groups excluding carboxylic acids is 2. The molecule has 0 saturated carbocycles. The first-order chi connectivity index (χ1) is 12.8. The second-order valence-corrected chi connectivity index (χ2v) is 7.28. The fourth-order valence-electron chi connectivity index (χ4n) is 3.54. The van der Waals surface area contributed by atoms with Gasteiger partial charge in [-0.15, -0.1) is 0 Å².